The van der Waals surface area contributed by atoms with Gasteiger partial charge in [-0.1, -0.05) is 24.3 Å². The molecule has 1 amide bonds. The topological polar surface area (TPSA) is 55.8 Å². The number of piperazine rings is 1. The number of nitrogens with one attached hydrogen (secondary N) is 1. The third-order valence-electron chi connectivity index (χ3n) is 7.36. The SMILES string of the molecule is Cc1cc(C)c(C(=O)N2CCN(c3ccccc3)[C@H](CO)C2)c(C)c1CC1CCNCC1. The van der Waals surface area contributed by atoms with E-state index < -0.39 is 0 Å². The quantitative estimate of drug-likeness (QED) is 0.755. The molecule has 0 bridgehead atoms. The molecule has 5 heteroatoms. The molecule has 2 aliphatic rings. The van der Waals surface area contributed by atoms with E-state index in [2.05, 4.69) is 49.2 Å². The maximum Gasteiger partial charge on any atom is 0.254 e. The smallest absolute Gasteiger partial charge is 0.254 e. The summed E-state index contributed by atoms with van der Waals surface area (Å²) in [5.41, 5.74) is 6.84. The predicted molar refractivity (Wildman–Crippen MR) is 131 cm³/mol. The molecule has 2 aromatic carbocycles. The van der Waals surface area contributed by atoms with E-state index in [1.807, 2.05) is 23.1 Å². The van der Waals surface area contributed by atoms with Gasteiger partial charge in [-0.2, -0.15) is 0 Å². The minimum Gasteiger partial charge on any atom is -0.394 e. The molecule has 0 spiro atoms. The Morgan fingerprint density at radius 3 is 2.47 bits per heavy atom. The first-order valence-corrected chi connectivity index (χ1v) is 12.0. The molecule has 2 heterocycles. The average molecular weight is 436 g/mol. The van der Waals surface area contributed by atoms with Gasteiger partial charge in [0.05, 0.1) is 12.6 Å². The van der Waals surface area contributed by atoms with E-state index in [1.54, 1.807) is 0 Å². The number of para-hydroxylation sites is 1. The Kier molecular flexibility index (Phi) is 7.17. The lowest BCUT2D eigenvalue weighted by atomic mass is 9.84. The summed E-state index contributed by atoms with van der Waals surface area (Å²) in [5, 5.41) is 13.5. The fraction of sp³-hybridized carbons (Fsp3) is 0.519. The van der Waals surface area contributed by atoms with Crippen molar-refractivity contribution in [1.82, 2.24) is 10.2 Å². The Hall–Kier alpha value is -2.37. The largest absolute Gasteiger partial charge is 0.394 e. The number of anilines is 1. The Labute approximate surface area is 192 Å². The van der Waals surface area contributed by atoms with Crippen molar-refractivity contribution in [3.05, 3.63) is 64.2 Å². The van der Waals surface area contributed by atoms with Crippen LogP contribution in [0.3, 0.4) is 0 Å². The molecule has 4 rings (SSSR count). The molecule has 2 saturated heterocycles. The van der Waals surface area contributed by atoms with Crippen LogP contribution in [0.4, 0.5) is 5.69 Å². The normalized spacial score (nSPS) is 19.9. The van der Waals surface area contributed by atoms with Gasteiger partial charge in [0.1, 0.15) is 0 Å². The number of hydrogen-bond acceptors (Lipinski definition) is 4. The molecule has 0 aliphatic carbocycles. The monoisotopic (exact) mass is 435 g/mol. The van der Waals surface area contributed by atoms with Gasteiger partial charge < -0.3 is 20.2 Å². The maximum atomic E-state index is 13.7. The van der Waals surface area contributed by atoms with Gasteiger partial charge in [0, 0.05) is 30.9 Å². The van der Waals surface area contributed by atoms with Crippen LogP contribution >= 0.6 is 0 Å². The van der Waals surface area contributed by atoms with Gasteiger partial charge in [0.25, 0.3) is 5.91 Å². The second-order valence-electron chi connectivity index (χ2n) is 9.50. The molecular weight excluding hydrogens is 398 g/mol. The van der Waals surface area contributed by atoms with E-state index in [4.69, 9.17) is 0 Å². The number of carbonyl (C=O) groups is 1. The zero-order chi connectivity index (χ0) is 22.7. The number of nitrogens with zero attached hydrogens (tertiary/aromatic N) is 2. The number of aryl methyl sites for hydroxylation is 2. The summed E-state index contributed by atoms with van der Waals surface area (Å²) in [6.45, 7) is 10.5. The number of aliphatic hydroxyl groups excluding tert-OH is 1. The fourth-order valence-corrected chi connectivity index (χ4v) is 5.56. The highest BCUT2D eigenvalue weighted by Crippen LogP contribution is 2.29. The highest BCUT2D eigenvalue weighted by Gasteiger charge is 2.31. The van der Waals surface area contributed by atoms with Crippen molar-refractivity contribution in [2.45, 2.75) is 46.1 Å². The van der Waals surface area contributed by atoms with Crippen molar-refractivity contribution in [2.75, 3.05) is 44.2 Å². The minimum absolute atomic E-state index is 0.0332. The van der Waals surface area contributed by atoms with Crippen LogP contribution in [0.5, 0.6) is 0 Å². The number of piperidine rings is 1. The van der Waals surface area contributed by atoms with Crippen molar-refractivity contribution in [3.8, 4) is 0 Å². The lowest BCUT2D eigenvalue weighted by Gasteiger charge is -2.42. The number of hydrogen-bond donors (Lipinski definition) is 2. The van der Waals surface area contributed by atoms with E-state index in [0.717, 1.165) is 48.4 Å². The summed E-state index contributed by atoms with van der Waals surface area (Å²) in [6, 6.07) is 12.3. The number of amides is 1. The van der Waals surface area contributed by atoms with Crippen molar-refractivity contribution in [2.24, 2.45) is 5.92 Å². The van der Waals surface area contributed by atoms with Crippen LogP contribution in [0.15, 0.2) is 36.4 Å². The summed E-state index contributed by atoms with van der Waals surface area (Å²) < 4.78 is 0. The van der Waals surface area contributed by atoms with E-state index in [1.165, 1.54) is 24.0 Å². The van der Waals surface area contributed by atoms with Gasteiger partial charge in [0.2, 0.25) is 0 Å². The minimum atomic E-state index is -0.0876. The molecule has 0 radical (unpaired) electrons. The zero-order valence-electron chi connectivity index (χ0n) is 19.7. The van der Waals surface area contributed by atoms with Crippen molar-refractivity contribution in [1.29, 1.82) is 0 Å². The standard InChI is InChI=1S/C27H37N3O2/c1-19-15-20(2)26(21(3)25(19)16-22-9-11-28-12-10-22)27(32)29-13-14-30(24(17-29)18-31)23-7-5-4-6-8-23/h4-8,15,22,24,28,31H,9-14,16-18H2,1-3H3/t24-/m0/s1. The molecule has 2 N–H and O–H groups in total. The van der Waals surface area contributed by atoms with Crippen molar-refractivity contribution in [3.63, 3.8) is 0 Å². The molecule has 2 aromatic rings. The first-order valence-electron chi connectivity index (χ1n) is 12.0. The van der Waals surface area contributed by atoms with Gasteiger partial charge in [-0.15, -0.1) is 0 Å². The molecule has 0 saturated carbocycles. The van der Waals surface area contributed by atoms with Crippen LogP contribution in [-0.4, -0.2) is 61.3 Å². The van der Waals surface area contributed by atoms with Gasteiger partial charge in [-0.25, -0.2) is 0 Å². The summed E-state index contributed by atoms with van der Waals surface area (Å²) in [4.78, 5) is 17.9. The van der Waals surface area contributed by atoms with Gasteiger partial charge in [-0.3, -0.25) is 4.79 Å². The molecule has 32 heavy (non-hydrogen) atoms. The van der Waals surface area contributed by atoms with E-state index >= 15 is 0 Å². The lowest BCUT2D eigenvalue weighted by Crippen LogP contribution is -2.56. The van der Waals surface area contributed by atoms with Crippen LogP contribution in [0.1, 0.15) is 45.5 Å². The van der Waals surface area contributed by atoms with Crippen molar-refractivity contribution >= 4 is 11.6 Å². The Morgan fingerprint density at radius 2 is 1.78 bits per heavy atom. The predicted octanol–water partition coefficient (Wildman–Crippen LogP) is 3.48. The summed E-state index contributed by atoms with van der Waals surface area (Å²) in [6.07, 6.45) is 3.46. The first-order chi connectivity index (χ1) is 15.5. The van der Waals surface area contributed by atoms with Crippen LogP contribution in [0, 0.1) is 26.7 Å². The summed E-state index contributed by atoms with van der Waals surface area (Å²) in [7, 11) is 0. The Bertz CT molecular complexity index is 938. The molecule has 172 valence electrons. The number of aliphatic hydroxyl groups is 1. The van der Waals surface area contributed by atoms with Crippen LogP contribution < -0.4 is 10.2 Å². The van der Waals surface area contributed by atoms with E-state index in [0.29, 0.717) is 19.0 Å². The summed E-state index contributed by atoms with van der Waals surface area (Å²) in [5.74, 6) is 0.796. The average Bonchev–Trinajstić information content (AvgIpc) is 2.82. The number of carbonyl (C=O) groups excluding carboxylic acids is 1. The first kappa shape index (κ1) is 22.8. The molecule has 5 nitrogen and oxygen atoms in total. The fourth-order valence-electron chi connectivity index (χ4n) is 5.56. The van der Waals surface area contributed by atoms with Gasteiger partial charge >= 0.3 is 0 Å². The van der Waals surface area contributed by atoms with E-state index in [-0.39, 0.29) is 18.6 Å². The molecule has 1 atom stereocenters. The zero-order valence-corrected chi connectivity index (χ0v) is 19.7. The highest BCUT2D eigenvalue weighted by atomic mass is 16.3. The highest BCUT2D eigenvalue weighted by molar-refractivity contribution is 5.97. The third-order valence-corrected chi connectivity index (χ3v) is 7.36. The maximum absolute atomic E-state index is 13.7. The lowest BCUT2D eigenvalue weighted by molar-refractivity contribution is 0.0697. The molecular formula is C27H37N3O2. The molecule has 2 fully saturated rings. The van der Waals surface area contributed by atoms with Crippen LogP contribution in [0.25, 0.3) is 0 Å². The third kappa shape index (κ3) is 4.69. The Morgan fingerprint density at radius 1 is 1.06 bits per heavy atom. The summed E-state index contributed by atoms with van der Waals surface area (Å²) >= 11 is 0. The van der Waals surface area contributed by atoms with Gasteiger partial charge in [0.15, 0.2) is 0 Å². The molecule has 0 aromatic heterocycles. The second-order valence-corrected chi connectivity index (χ2v) is 9.50. The molecule has 0 unspecified atom stereocenters. The van der Waals surface area contributed by atoms with Crippen LogP contribution in [-0.2, 0) is 6.42 Å². The second kappa shape index (κ2) is 10.1. The molecule has 2 aliphatic heterocycles. The van der Waals surface area contributed by atoms with Crippen LogP contribution in [0.2, 0.25) is 0 Å². The van der Waals surface area contributed by atoms with E-state index in [9.17, 15) is 9.90 Å². The number of benzene rings is 2. The van der Waals surface area contributed by atoms with Crippen molar-refractivity contribution < 1.29 is 9.90 Å². The van der Waals surface area contributed by atoms with Gasteiger partial charge in [-0.05, 0) is 93.4 Å². The number of rotatable bonds is 5. The Balaban J connectivity index is 1.55.